The quantitative estimate of drug-likeness (QED) is 0.892. The lowest BCUT2D eigenvalue weighted by atomic mass is 9.84. The summed E-state index contributed by atoms with van der Waals surface area (Å²) in [6.07, 6.45) is 0. The molecule has 0 saturated heterocycles. The van der Waals surface area contributed by atoms with Crippen molar-refractivity contribution in [2.45, 2.75) is 19.4 Å². The average molecular weight is 372 g/mol. The van der Waals surface area contributed by atoms with E-state index in [2.05, 4.69) is 6.07 Å². The molecule has 2 heterocycles. The van der Waals surface area contributed by atoms with Crippen molar-refractivity contribution in [1.29, 1.82) is 5.26 Å². The Kier molecular flexibility index (Phi) is 5.03. The first kappa shape index (κ1) is 18.1. The minimum absolute atomic E-state index is 0.00777. The third kappa shape index (κ3) is 3.07. The van der Waals surface area contributed by atoms with Crippen molar-refractivity contribution in [2.24, 2.45) is 5.73 Å². The molecular weight excluding hydrogens is 354 g/mol. The molecule has 1 atom stereocenters. The third-order valence-electron chi connectivity index (χ3n) is 4.41. The van der Waals surface area contributed by atoms with Gasteiger partial charge in [0.05, 0.1) is 18.1 Å². The van der Waals surface area contributed by atoms with E-state index < -0.39 is 5.92 Å². The lowest BCUT2D eigenvalue weighted by Gasteiger charge is -2.27. The number of methoxy groups -OCH3 is 1. The number of hydrogen-bond acceptors (Lipinski definition) is 5. The molecule has 2 N–H and O–H groups in total. The monoisotopic (exact) mass is 371 g/mol. The summed E-state index contributed by atoms with van der Waals surface area (Å²) in [5, 5.41) is 10.2. The summed E-state index contributed by atoms with van der Waals surface area (Å²) < 4.78 is 12.3. The average Bonchev–Trinajstić information content (AvgIpc) is 2.61. The molecule has 6 nitrogen and oxygen atoms in total. The highest BCUT2D eigenvalue weighted by Gasteiger charge is 2.34. The van der Waals surface area contributed by atoms with Gasteiger partial charge < -0.3 is 19.8 Å². The number of ether oxygens (including phenoxy) is 2. The van der Waals surface area contributed by atoms with Crippen molar-refractivity contribution in [3.8, 4) is 11.8 Å². The Morgan fingerprint density at radius 1 is 1.38 bits per heavy atom. The van der Waals surface area contributed by atoms with Gasteiger partial charge in [-0.05, 0) is 24.6 Å². The Morgan fingerprint density at radius 2 is 2.08 bits per heavy atom. The van der Waals surface area contributed by atoms with Gasteiger partial charge in [0, 0.05) is 30.4 Å². The van der Waals surface area contributed by atoms with Crippen LogP contribution in [0.3, 0.4) is 0 Å². The molecule has 0 saturated carbocycles. The third-order valence-corrected chi connectivity index (χ3v) is 4.66. The van der Waals surface area contributed by atoms with Gasteiger partial charge in [-0.2, -0.15) is 5.26 Å². The minimum Gasteiger partial charge on any atom is -0.440 e. The van der Waals surface area contributed by atoms with E-state index in [9.17, 15) is 10.1 Å². The van der Waals surface area contributed by atoms with Crippen LogP contribution in [0, 0.1) is 18.3 Å². The first-order chi connectivity index (χ1) is 12.5. The number of pyridine rings is 1. The highest BCUT2D eigenvalue weighted by molar-refractivity contribution is 6.30. The van der Waals surface area contributed by atoms with E-state index in [-0.39, 0.29) is 17.0 Å². The van der Waals surface area contributed by atoms with Gasteiger partial charge in [0.15, 0.2) is 0 Å². The van der Waals surface area contributed by atoms with Gasteiger partial charge in [-0.3, -0.25) is 4.79 Å². The molecule has 1 aliphatic rings. The Balaban J connectivity index is 2.25. The Labute approximate surface area is 156 Å². The standard InChI is InChI=1S/C19H18ClN3O3/c1-11-9-15-17(19(24)23(11)7-8-25-2)16(14(10-21)18(22)26-15)12-3-5-13(20)6-4-12/h3-6,9,16H,7-8,22H2,1-2H3. The molecule has 0 spiro atoms. The fraction of sp³-hybridized carbons (Fsp3) is 0.263. The Hall–Kier alpha value is -2.75. The van der Waals surface area contributed by atoms with Crippen molar-refractivity contribution in [1.82, 2.24) is 4.57 Å². The fourth-order valence-electron chi connectivity index (χ4n) is 3.14. The second-order valence-corrected chi connectivity index (χ2v) is 6.43. The molecule has 0 radical (unpaired) electrons. The van der Waals surface area contributed by atoms with E-state index in [1.54, 1.807) is 42.0 Å². The summed E-state index contributed by atoms with van der Waals surface area (Å²) in [5.41, 5.74) is 7.81. The van der Waals surface area contributed by atoms with Gasteiger partial charge in [-0.25, -0.2) is 0 Å². The zero-order chi connectivity index (χ0) is 18.8. The van der Waals surface area contributed by atoms with Crippen LogP contribution in [-0.4, -0.2) is 18.3 Å². The van der Waals surface area contributed by atoms with Crippen molar-refractivity contribution < 1.29 is 9.47 Å². The number of benzene rings is 1. The fourth-order valence-corrected chi connectivity index (χ4v) is 3.26. The molecule has 0 bridgehead atoms. The molecule has 1 unspecified atom stereocenters. The highest BCUT2D eigenvalue weighted by atomic mass is 35.5. The van der Waals surface area contributed by atoms with E-state index >= 15 is 0 Å². The van der Waals surface area contributed by atoms with Crippen LogP contribution in [0.5, 0.6) is 5.75 Å². The number of allylic oxidation sites excluding steroid dienone is 1. The maximum atomic E-state index is 13.2. The van der Waals surface area contributed by atoms with Gasteiger partial charge in [0.25, 0.3) is 5.56 Å². The van der Waals surface area contributed by atoms with E-state index in [0.29, 0.717) is 29.5 Å². The van der Waals surface area contributed by atoms with Crippen molar-refractivity contribution >= 4 is 11.6 Å². The molecule has 1 aliphatic heterocycles. The van der Waals surface area contributed by atoms with Crippen LogP contribution >= 0.6 is 11.6 Å². The largest absolute Gasteiger partial charge is 0.440 e. The van der Waals surface area contributed by atoms with Crippen LogP contribution < -0.4 is 16.0 Å². The number of nitriles is 1. The zero-order valence-electron chi connectivity index (χ0n) is 14.5. The van der Waals surface area contributed by atoms with Crippen LogP contribution in [-0.2, 0) is 11.3 Å². The molecule has 7 heteroatoms. The Morgan fingerprint density at radius 3 is 2.69 bits per heavy atom. The molecule has 26 heavy (non-hydrogen) atoms. The van der Waals surface area contributed by atoms with Crippen molar-refractivity contribution in [3.63, 3.8) is 0 Å². The topological polar surface area (TPSA) is 90.3 Å². The van der Waals surface area contributed by atoms with E-state index in [1.807, 2.05) is 6.92 Å². The number of aryl methyl sites for hydroxylation is 1. The molecule has 0 amide bonds. The summed E-state index contributed by atoms with van der Waals surface area (Å²) >= 11 is 5.98. The normalized spacial score (nSPS) is 16.0. The van der Waals surface area contributed by atoms with Gasteiger partial charge in [0.2, 0.25) is 5.88 Å². The Bertz CT molecular complexity index is 971. The lowest BCUT2D eigenvalue weighted by Crippen LogP contribution is -2.33. The molecule has 0 fully saturated rings. The number of nitrogens with two attached hydrogens (primary N) is 1. The first-order valence-corrected chi connectivity index (χ1v) is 8.42. The summed E-state index contributed by atoms with van der Waals surface area (Å²) in [4.78, 5) is 13.2. The number of hydrogen-bond donors (Lipinski definition) is 1. The molecule has 1 aromatic carbocycles. The molecule has 0 aliphatic carbocycles. The minimum atomic E-state index is -0.608. The second kappa shape index (κ2) is 7.24. The number of nitrogens with zero attached hydrogens (tertiary/aromatic N) is 2. The molecule has 1 aromatic heterocycles. The predicted molar refractivity (Wildman–Crippen MR) is 98.1 cm³/mol. The van der Waals surface area contributed by atoms with Gasteiger partial charge in [-0.1, -0.05) is 23.7 Å². The summed E-state index contributed by atoms with van der Waals surface area (Å²) in [6, 6.07) is 10.8. The van der Waals surface area contributed by atoms with Crippen LogP contribution in [0.1, 0.15) is 22.7 Å². The van der Waals surface area contributed by atoms with Gasteiger partial charge in [-0.15, -0.1) is 0 Å². The molecule has 3 rings (SSSR count). The lowest BCUT2D eigenvalue weighted by molar-refractivity contribution is 0.185. The molecule has 134 valence electrons. The predicted octanol–water partition coefficient (Wildman–Crippen LogP) is 2.67. The maximum absolute atomic E-state index is 13.2. The first-order valence-electron chi connectivity index (χ1n) is 8.04. The zero-order valence-corrected chi connectivity index (χ0v) is 15.2. The van der Waals surface area contributed by atoms with Gasteiger partial charge >= 0.3 is 0 Å². The summed E-state index contributed by atoms with van der Waals surface area (Å²) in [5.74, 6) is -0.228. The number of aromatic nitrogens is 1. The number of halogens is 1. The van der Waals surface area contributed by atoms with E-state index in [0.717, 1.165) is 11.3 Å². The molecular formula is C19H18ClN3O3. The number of fused-ring (bicyclic) bond motifs is 1. The second-order valence-electron chi connectivity index (χ2n) is 5.99. The smallest absolute Gasteiger partial charge is 0.258 e. The summed E-state index contributed by atoms with van der Waals surface area (Å²) in [7, 11) is 1.58. The van der Waals surface area contributed by atoms with Crippen molar-refractivity contribution in [3.05, 3.63) is 74.0 Å². The van der Waals surface area contributed by atoms with Gasteiger partial charge in [0.1, 0.15) is 17.4 Å². The SMILES string of the molecule is COCCn1c(C)cc2c(c1=O)C(c1ccc(Cl)cc1)C(C#N)=C(N)O2. The summed E-state index contributed by atoms with van der Waals surface area (Å²) in [6.45, 7) is 2.62. The highest BCUT2D eigenvalue weighted by Crippen LogP contribution is 2.40. The van der Waals surface area contributed by atoms with Crippen LogP contribution in [0.25, 0.3) is 0 Å². The maximum Gasteiger partial charge on any atom is 0.258 e. The van der Waals surface area contributed by atoms with E-state index in [4.69, 9.17) is 26.8 Å². The van der Waals surface area contributed by atoms with Crippen LogP contribution in [0.2, 0.25) is 5.02 Å². The van der Waals surface area contributed by atoms with Crippen LogP contribution in [0.4, 0.5) is 0 Å². The molecule has 2 aromatic rings. The number of rotatable bonds is 4. The van der Waals surface area contributed by atoms with Crippen molar-refractivity contribution in [2.75, 3.05) is 13.7 Å². The van der Waals surface area contributed by atoms with E-state index in [1.165, 1.54) is 0 Å². The van der Waals surface area contributed by atoms with Crippen LogP contribution in [0.15, 0.2) is 46.6 Å².